The summed E-state index contributed by atoms with van der Waals surface area (Å²) in [7, 11) is 1.73. The van der Waals surface area contributed by atoms with Gasteiger partial charge >= 0.3 is 0 Å². The number of guanidine groups is 1. The van der Waals surface area contributed by atoms with E-state index in [9.17, 15) is 5.11 Å². The van der Waals surface area contributed by atoms with E-state index in [2.05, 4.69) is 38.8 Å². The maximum Gasteiger partial charge on any atom is 0.191 e. The van der Waals surface area contributed by atoms with Crippen molar-refractivity contribution in [2.24, 2.45) is 4.99 Å². The molecule has 3 rings (SSSR count). The molecule has 0 aliphatic heterocycles. The van der Waals surface area contributed by atoms with E-state index in [-0.39, 0.29) is 24.0 Å². The van der Waals surface area contributed by atoms with Gasteiger partial charge in [-0.15, -0.1) is 35.3 Å². The van der Waals surface area contributed by atoms with Crippen LogP contribution in [0.1, 0.15) is 22.2 Å². The number of halogens is 1. The summed E-state index contributed by atoms with van der Waals surface area (Å²) in [5.74, 6) is 0.685. The lowest BCUT2D eigenvalue weighted by Crippen LogP contribution is -2.40. The lowest BCUT2D eigenvalue weighted by molar-refractivity contribution is 0.184. The SMILES string of the molecule is CN=C(NCCc1ccc(C)nc1)NCC(O)c1cc2ccccc2s1.I. The van der Waals surface area contributed by atoms with Crippen molar-refractivity contribution in [2.45, 2.75) is 19.4 Å². The smallest absolute Gasteiger partial charge is 0.191 e. The molecule has 27 heavy (non-hydrogen) atoms. The average molecular weight is 496 g/mol. The minimum absolute atomic E-state index is 0. The van der Waals surface area contributed by atoms with Gasteiger partial charge < -0.3 is 15.7 Å². The molecule has 0 saturated carbocycles. The summed E-state index contributed by atoms with van der Waals surface area (Å²) in [6, 6.07) is 14.3. The van der Waals surface area contributed by atoms with E-state index in [1.165, 1.54) is 15.6 Å². The number of aromatic nitrogens is 1. The van der Waals surface area contributed by atoms with Gasteiger partial charge in [0, 0.05) is 41.6 Å². The van der Waals surface area contributed by atoms with Gasteiger partial charge in [0.2, 0.25) is 0 Å². The van der Waals surface area contributed by atoms with E-state index in [0.717, 1.165) is 23.5 Å². The predicted molar refractivity (Wildman–Crippen MR) is 124 cm³/mol. The summed E-state index contributed by atoms with van der Waals surface area (Å²) in [5, 5.41) is 18.1. The van der Waals surface area contributed by atoms with Gasteiger partial charge in [-0.05, 0) is 42.5 Å². The number of nitrogens with zero attached hydrogens (tertiary/aromatic N) is 2. The van der Waals surface area contributed by atoms with E-state index in [1.54, 1.807) is 18.4 Å². The van der Waals surface area contributed by atoms with Crippen molar-refractivity contribution in [1.29, 1.82) is 0 Å². The number of fused-ring (bicyclic) bond motifs is 1. The zero-order valence-corrected chi connectivity index (χ0v) is 18.6. The molecule has 1 aromatic carbocycles. The number of thiophene rings is 1. The van der Waals surface area contributed by atoms with Crippen LogP contribution in [0.25, 0.3) is 10.1 Å². The van der Waals surface area contributed by atoms with Crippen molar-refractivity contribution < 1.29 is 5.11 Å². The molecule has 2 heterocycles. The van der Waals surface area contributed by atoms with Gasteiger partial charge in [-0.1, -0.05) is 24.3 Å². The quantitative estimate of drug-likeness (QED) is 0.277. The first kappa shape index (κ1) is 21.6. The Morgan fingerprint density at radius 3 is 2.74 bits per heavy atom. The van der Waals surface area contributed by atoms with Crippen molar-refractivity contribution in [1.82, 2.24) is 15.6 Å². The topological polar surface area (TPSA) is 69.5 Å². The van der Waals surface area contributed by atoms with E-state index in [0.29, 0.717) is 12.5 Å². The molecule has 0 saturated heterocycles. The Kier molecular flexibility index (Phi) is 8.46. The lowest BCUT2D eigenvalue weighted by Gasteiger charge is -2.14. The minimum Gasteiger partial charge on any atom is -0.386 e. The van der Waals surface area contributed by atoms with E-state index in [4.69, 9.17) is 0 Å². The zero-order chi connectivity index (χ0) is 18.4. The van der Waals surface area contributed by atoms with Crippen molar-refractivity contribution in [3.63, 3.8) is 0 Å². The highest BCUT2D eigenvalue weighted by molar-refractivity contribution is 14.0. The highest BCUT2D eigenvalue weighted by Gasteiger charge is 2.12. The number of benzene rings is 1. The van der Waals surface area contributed by atoms with Gasteiger partial charge in [0.25, 0.3) is 0 Å². The van der Waals surface area contributed by atoms with Crippen molar-refractivity contribution in [2.75, 3.05) is 20.1 Å². The summed E-state index contributed by atoms with van der Waals surface area (Å²) in [6.45, 7) is 3.15. The first-order chi connectivity index (χ1) is 12.7. The molecule has 0 radical (unpaired) electrons. The number of aliphatic hydroxyl groups excluding tert-OH is 1. The Labute approximate surface area is 181 Å². The molecule has 1 atom stereocenters. The van der Waals surface area contributed by atoms with Gasteiger partial charge in [0.05, 0.1) is 0 Å². The van der Waals surface area contributed by atoms with E-state index < -0.39 is 6.10 Å². The summed E-state index contributed by atoms with van der Waals surface area (Å²) in [5.41, 5.74) is 2.21. The molecule has 0 aliphatic rings. The monoisotopic (exact) mass is 496 g/mol. The van der Waals surface area contributed by atoms with Crippen LogP contribution in [-0.4, -0.2) is 36.2 Å². The van der Waals surface area contributed by atoms with Crippen LogP contribution in [0.15, 0.2) is 53.7 Å². The summed E-state index contributed by atoms with van der Waals surface area (Å²) in [6.07, 6.45) is 2.21. The Bertz CT molecular complexity index is 846. The van der Waals surface area contributed by atoms with Crippen LogP contribution in [0.2, 0.25) is 0 Å². The number of hydrogen-bond donors (Lipinski definition) is 3. The summed E-state index contributed by atoms with van der Waals surface area (Å²) in [4.78, 5) is 9.47. The van der Waals surface area contributed by atoms with Crippen molar-refractivity contribution >= 4 is 51.4 Å². The normalized spacial score (nSPS) is 12.5. The van der Waals surface area contributed by atoms with Gasteiger partial charge in [0.1, 0.15) is 6.10 Å². The molecule has 1 unspecified atom stereocenters. The van der Waals surface area contributed by atoms with Crippen LogP contribution in [-0.2, 0) is 6.42 Å². The molecule has 2 aromatic heterocycles. The summed E-state index contributed by atoms with van der Waals surface area (Å²) >= 11 is 1.62. The van der Waals surface area contributed by atoms with Crippen LogP contribution in [0, 0.1) is 6.92 Å². The Morgan fingerprint density at radius 1 is 1.22 bits per heavy atom. The van der Waals surface area contributed by atoms with E-state index >= 15 is 0 Å². The molecule has 0 amide bonds. The summed E-state index contributed by atoms with van der Waals surface area (Å²) < 4.78 is 1.19. The third-order valence-electron chi connectivity index (χ3n) is 4.14. The largest absolute Gasteiger partial charge is 0.386 e. The number of pyridine rings is 1. The fourth-order valence-electron chi connectivity index (χ4n) is 2.65. The van der Waals surface area contributed by atoms with Gasteiger partial charge in [-0.3, -0.25) is 9.98 Å². The predicted octanol–water partition coefficient (Wildman–Crippen LogP) is 3.66. The highest BCUT2D eigenvalue weighted by Crippen LogP contribution is 2.29. The second-order valence-corrected chi connectivity index (χ2v) is 7.26. The van der Waals surface area contributed by atoms with E-state index in [1.807, 2.05) is 37.4 Å². The third kappa shape index (κ3) is 6.15. The molecule has 0 bridgehead atoms. The number of aliphatic imine (C=N–C) groups is 1. The number of aliphatic hydroxyl groups is 1. The maximum atomic E-state index is 10.5. The van der Waals surface area contributed by atoms with Crippen LogP contribution < -0.4 is 10.6 Å². The number of hydrogen-bond acceptors (Lipinski definition) is 4. The molecule has 0 fully saturated rings. The van der Waals surface area contributed by atoms with Crippen molar-refractivity contribution in [3.8, 4) is 0 Å². The molecule has 3 N–H and O–H groups in total. The first-order valence-electron chi connectivity index (χ1n) is 8.68. The number of nitrogens with one attached hydrogen (secondary N) is 2. The highest BCUT2D eigenvalue weighted by atomic mass is 127. The van der Waals surface area contributed by atoms with Crippen LogP contribution in [0.5, 0.6) is 0 Å². The van der Waals surface area contributed by atoms with Crippen molar-refractivity contribution in [3.05, 3.63) is 64.8 Å². The fraction of sp³-hybridized carbons (Fsp3) is 0.300. The average Bonchev–Trinajstić information content (AvgIpc) is 3.10. The Hall–Kier alpha value is -1.71. The molecular formula is C20H25IN4OS. The maximum absolute atomic E-state index is 10.5. The number of aryl methyl sites for hydroxylation is 1. The molecule has 0 aliphatic carbocycles. The second-order valence-electron chi connectivity index (χ2n) is 6.14. The molecule has 144 valence electrons. The van der Waals surface area contributed by atoms with Gasteiger partial charge in [0.15, 0.2) is 5.96 Å². The second kappa shape index (κ2) is 10.6. The Morgan fingerprint density at radius 2 is 2.04 bits per heavy atom. The fourth-order valence-corrected chi connectivity index (χ4v) is 3.70. The molecule has 3 aromatic rings. The molecule has 7 heteroatoms. The third-order valence-corrected chi connectivity index (χ3v) is 5.36. The van der Waals surface area contributed by atoms with Crippen LogP contribution >= 0.6 is 35.3 Å². The molecule has 5 nitrogen and oxygen atoms in total. The Balaban J connectivity index is 0.00000261. The lowest BCUT2D eigenvalue weighted by atomic mass is 10.2. The minimum atomic E-state index is -0.563. The van der Waals surface area contributed by atoms with Crippen LogP contribution in [0.4, 0.5) is 0 Å². The van der Waals surface area contributed by atoms with Gasteiger partial charge in [-0.2, -0.15) is 0 Å². The standard InChI is InChI=1S/C20H24N4OS.HI/c1-14-7-8-15(12-23-14)9-10-22-20(21-2)24-13-17(25)19-11-16-5-3-4-6-18(16)26-19;/h3-8,11-12,17,25H,9-10,13H2,1-2H3,(H2,21,22,24);1H. The molecule has 0 spiro atoms. The van der Waals surface area contributed by atoms with Crippen LogP contribution in [0.3, 0.4) is 0 Å². The first-order valence-corrected chi connectivity index (χ1v) is 9.50. The number of rotatable bonds is 6. The zero-order valence-electron chi connectivity index (χ0n) is 15.5. The van der Waals surface area contributed by atoms with Gasteiger partial charge in [-0.25, -0.2) is 0 Å². The molecular weight excluding hydrogens is 471 g/mol.